The summed E-state index contributed by atoms with van der Waals surface area (Å²) < 4.78 is 31.5. The zero-order valence-electron chi connectivity index (χ0n) is 91.9. The Labute approximate surface area is 936 Å². The molecule has 16 saturated carbocycles. The Hall–Kier alpha value is -1.90. The molecule has 24 nitrogen and oxygen atoms in total. The van der Waals surface area contributed by atoms with E-state index < -0.39 is 42.6 Å². The first-order valence-corrected chi connectivity index (χ1v) is 56.1. The minimum Gasteiger partial charge on any atom is -1.00 e. The van der Waals surface area contributed by atoms with Gasteiger partial charge in [-0.3, -0.25) is 43.2 Å². The predicted molar refractivity (Wildman–Crippen MR) is 566 cm³/mol. The number of aliphatic hydroxyl groups is 7. The van der Waals surface area contributed by atoms with Crippen molar-refractivity contribution in [3.63, 3.8) is 0 Å². The Kier molecular flexibility index (Phi) is 48.8. The SMILES string of the molecule is C.C.C.C.CC[C@H]1C(=O)C2C3CC[C@H]([C@H](C)CCC(=O)OC)[C@@]3(C)C[C@H](O)C2[C@@]2(C)CC[C@@H](OC(C)=O)C[C@@H]12.CC[C@H]1C(=O)C2C3CC[C@H]([C@H](C)CCC(=O)OC)[C@@]3(C)[C@@H](I)[C@H](O)C2[C@@]2(C)CC[C@@H](OC(C)=O)C[C@@H]12.CC[C@H]1[C@@H](O)C2C3CC[C@H]([C@H](C)CCC(=O)O)[C@@]3(C)C[C@H](O)C2[C@@]2(C)CC[C@@H](O)C[C@@H]12.CC[C@H]1[C@@H](O)C2C3CC[C@H]([C@H](C)CCC(=O)OC)[C@@]3(C)C[C@H](O)C2[C@@]2(C)CC[C@@H](OC(C)=O)C[C@@H]12.[B].[H-].[Na+].[Na+].[OH-]. The van der Waals surface area contributed by atoms with E-state index in [0.717, 1.165) is 193 Å². The van der Waals surface area contributed by atoms with Crippen LogP contribution in [-0.4, -0.2) is 194 Å². The van der Waals surface area contributed by atoms with Crippen LogP contribution in [0.2, 0.25) is 0 Å². The van der Waals surface area contributed by atoms with Crippen LogP contribution < -0.4 is 59.1 Å². The fraction of sp³-hybridized carbons (Fsp3) is 0.923. The van der Waals surface area contributed by atoms with Gasteiger partial charge in [-0.05, 0) is 360 Å². The molecule has 3 radical (unpaired) electrons. The molecule has 9 N–H and O–H groups in total. The van der Waals surface area contributed by atoms with E-state index in [4.69, 9.17) is 33.5 Å². The molecule has 0 aromatic carbocycles. The number of carboxylic acids is 1. The predicted octanol–water partition coefficient (Wildman–Crippen LogP) is 15.3. The van der Waals surface area contributed by atoms with Gasteiger partial charge in [-0.2, -0.15) is 0 Å². The molecule has 0 heterocycles. The van der Waals surface area contributed by atoms with Crippen LogP contribution in [0.15, 0.2) is 0 Å². The Morgan fingerprint density at radius 2 is 0.676 bits per heavy atom. The third-order valence-corrected chi connectivity index (χ3v) is 46.8. The zero-order chi connectivity index (χ0) is 101. The number of carbonyl (C=O) groups excluding carboxylic acids is 8. The quantitative estimate of drug-likeness (QED) is 0.0155. The van der Waals surface area contributed by atoms with Gasteiger partial charge in [0.05, 0.1) is 64.1 Å². The second-order valence-electron chi connectivity index (χ2n) is 50.6. The number of carboxylic acid groups (broad SMARTS) is 1. The first kappa shape index (κ1) is 134. The fourth-order valence-electron chi connectivity index (χ4n) is 38.9. The van der Waals surface area contributed by atoms with Crippen LogP contribution in [0.3, 0.4) is 0 Å². The van der Waals surface area contributed by atoms with E-state index in [1.807, 2.05) is 0 Å². The van der Waals surface area contributed by atoms with Crippen molar-refractivity contribution in [2.75, 3.05) is 21.3 Å². The smallest absolute Gasteiger partial charge is 1.00 e. The van der Waals surface area contributed by atoms with Crippen molar-refractivity contribution in [3.8, 4) is 0 Å². The van der Waals surface area contributed by atoms with Crippen molar-refractivity contribution < 1.29 is 178 Å². The summed E-state index contributed by atoms with van der Waals surface area (Å²) in [5.74, 6) is 4.08. The number of alkyl halides is 1. The van der Waals surface area contributed by atoms with Crippen LogP contribution in [-0.2, 0) is 71.6 Å². The van der Waals surface area contributed by atoms with E-state index in [9.17, 15) is 78.9 Å². The Morgan fingerprint density at radius 1 is 0.379 bits per heavy atom. The van der Waals surface area contributed by atoms with Crippen LogP contribution >= 0.6 is 22.6 Å². The molecule has 16 aliphatic rings. The van der Waals surface area contributed by atoms with E-state index in [0.29, 0.717) is 96.4 Å². The Balaban J connectivity index is 0.000000398. The van der Waals surface area contributed by atoms with E-state index in [2.05, 4.69) is 133 Å². The number of aliphatic hydroxyl groups excluding tert-OH is 7. The molecule has 0 saturated heterocycles. The molecule has 0 aromatic heterocycles. The van der Waals surface area contributed by atoms with Crippen LogP contribution in [0.5, 0.6) is 0 Å². The maximum absolute atomic E-state index is 14.3. The second-order valence-corrected chi connectivity index (χ2v) is 51.9. The molecule has 16 fully saturated rings. The van der Waals surface area contributed by atoms with Crippen molar-refractivity contribution in [1.82, 2.24) is 0 Å². The number of methoxy groups -OCH3 is 3. The number of rotatable bonds is 23. The number of halogens is 1. The number of carbonyl (C=O) groups is 9. The molecule has 0 aliphatic heterocycles. The fourth-order valence-corrected chi connectivity index (χ4v) is 40.3. The number of Topliss-reactive ketones (excluding diaryl/α,β-unsaturated/α-hetero) is 2. The molecular formula is C117H201BINa2O24. The van der Waals surface area contributed by atoms with Crippen molar-refractivity contribution in [2.45, 2.75) is 451 Å². The van der Waals surface area contributed by atoms with Gasteiger partial charge >= 0.3 is 101 Å². The molecule has 0 aromatic rings. The molecule has 16 aliphatic carbocycles. The monoisotopic (exact) mass is 2170 g/mol. The Bertz CT molecular complexity index is 4270. The summed E-state index contributed by atoms with van der Waals surface area (Å²) in [5, 5.41) is 90.4. The average molecular weight is 2180 g/mol. The summed E-state index contributed by atoms with van der Waals surface area (Å²) in [6.07, 6.45) is 25.1. The van der Waals surface area contributed by atoms with E-state index in [1.165, 1.54) is 42.1 Å². The first-order chi connectivity index (χ1) is 64.4. The van der Waals surface area contributed by atoms with Crippen molar-refractivity contribution in [2.24, 2.45) is 209 Å². The molecule has 47 atom stereocenters. The minimum absolute atomic E-state index is 0. The number of hydrogen-bond donors (Lipinski definition) is 8. The van der Waals surface area contributed by atoms with Crippen LogP contribution in [0.25, 0.3) is 0 Å². The summed E-state index contributed by atoms with van der Waals surface area (Å²) in [6.45, 7) is 40.5. The van der Waals surface area contributed by atoms with Gasteiger partial charge in [0.15, 0.2) is 0 Å². The van der Waals surface area contributed by atoms with Crippen molar-refractivity contribution in [1.29, 1.82) is 0 Å². The number of esters is 6. The average Bonchev–Trinajstić information content (AvgIpc) is 1.39. The summed E-state index contributed by atoms with van der Waals surface area (Å²) >= 11 is 2.49. The maximum Gasteiger partial charge on any atom is 1.00 e. The summed E-state index contributed by atoms with van der Waals surface area (Å²) in [4.78, 5) is 110. The van der Waals surface area contributed by atoms with Gasteiger partial charge in [-0.1, -0.05) is 176 Å². The summed E-state index contributed by atoms with van der Waals surface area (Å²) in [7, 11) is 4.31. The van der Waals surface area contributed by atoms with Crippen LogP contribution in [0, 0.1) is 209 Å². The standard InChI is InChI=1S/C29H45IO6.C29H48O6.C29H46O6.C26H44O5.4CH4.B.2Na.H2O.H/c1-7-18-21-14-17(36-16(3)31)12-13-28(21,4)24-23(25(18)33)20-10-9-19(15(2)8-11-22(32)35-6)29(20,5)27(30)26(24)34;2*1-7-19-22-14-18(35-17(3)30)12-13-28(22,4)26-23(31)15-29(5)20(16(2)8-11-24(32)34-6)9-10-21(29)25(26)27(19)33;1-5-16-19-12-15(27)10-11-25(19,3)23-20(28)13-26(4)17(14(2)6-9-21(29)30)7-8-18(26)22(23)24(16)31;;;;;;;;;/h15,17-21,23-24,26-27,34H,7-14H2,1-6H3;16,18-23,25-27,31,33H,7-15H2,1-6H3;16,18-23,25-26,31H,7-15H2,1-6H3;14-20,22-24,27-28,31H,5-13H2,1-4H3,(H,29,30);4*1H4;;;;1H2;/q;;;;;;;;;2*+1;;-1/p-1/t15-,17-,18-,19-,20?,21+,23?,24?,26-,27+,28+,29-;16-,18-,19-,20-,21?,22+,23+,25?,26?,27-,28+,29-;16-,18-,19-,20-,21?,22+,23+,25?,26?,28+,29-;14-,15-,16-,17-,18?,19+,20+,22?,23?,24-,25+,26-;;;;;;;;;/m1111........./s1. The number of hydrogen-bond acceptors (Lipinski definition) is 23. The molecule has 0 amide bonds. The number of ether oxygens (including phenoxy) is 6. The molecule has 145 heavy (non-hydrogen) atoms. The minimum atomic E-state index is -0.734. The van der Waals surface area contributed by atoms with Crippen LogP contribution in [0.4, 0.5) is 0 Å². The van der Waals surface area contributed by atoms with E-state index in [-0.39, 0.29) is 325 Å². The first-order valence-electron chi connectivity index (χ1n) is 54.8. The van der Waals surface area contributed by atoms with Gasteiger partial charge in [0.1, 0.15) is 29.9 Å². The topological polar surface area (TPSA) is 401 Å². The van der Waals surface area contributed by atoms with Gasteiger partial charge in [-0.15, -0.1) is 0 Å². The van der Waals surface area contributed by atoms with Crippen molar-refractivity contribution >= 4 is 84.4 Å². The van der Waals surface area contributed by atoms with Gasteiger partial charge in [0.25, 0.3) is 0 Å². The third kappa shape index (κ3) is 24.5. The summed E-state index contributed by atoms with van der Waals surface area (Å²) in [6, 6.07) is 0. The summed E-state index contributed by atoms with van der Waals surface area (Å²) in [5.41, 5.74) is -0.679. The largest absolute Gasteiger partial charge is 1.00 e. The second kappa shape index (κ2) is 53.0. The van der Waals surface area contributed by atoms with Gasteiger partial charge in [0.2, 0.25) is 0 Å². The molecule has 0 bridgehead atoms. The number of fused-ring (bicyclic) bond motifs is 20. The molecular weight excluding hydrogens is 1970 g/mol. The van der Waals surface area contributed by atoms with Gasteiger partial charge < -0.3 is 76.2 Å². The molecule has 16 rings (SSSR count). The van der Waals surface area contributed by atoms with Crippen molar-refractivity contribution in [3.05, 3.63) is 0 Å². The number of aliphatic carboxylic acids is 1. The van der Waals surface area contributed by atoms with Crippen LogP contribution in [0.1, 0.15) is 387 Å². The normalized spacial score (nSPS) is 45.4. The molecule has 0 spiro atoms. The molecule has 825 valence electrons. The molecule has 28 heteroatoms. The van der Waals surface area contributed by atoms with E-state index in [1.54, 1.807) is 0 Å². The number of ketones is 2. The van der Waals surface area contributed by atoms with E-state index >= 15 is 0 Å². The third-order valence-electron chi connectivity index (χ3n) is 44.8. The zero-order valence-corrected chi connectivity index (χ0v) is 97.0. The maximum atomic E-state index is 14.3. The van der Waals surface area contributed by atoms with Gasteiger partial charge in [-0.25, -0.2) is 0 Å². The Morgan fingerprint density at radius 3 is 1.03 bits per heavy atom. The van der Waals surface area contributed by atoms with Gasteiger partial charge in [0, 0.05) is 94.3 Å². The molecule has 12 unspecified atom stereocenters.